The Labute approximate surface area is 158 Å². The Balaban J connectivity index is 0.00000264. The monoisotopic (exact) mass is 440 g/mol. The molecule has 4 nitrogen and oxygen atoms in total. The van der Waals surface area contributed by atoms with Gasteiger partial charge in [0.2, 0.25) is 0 Å². The summed E-state index contributed by atoms with van der Waals surface area (Å²) >= 11 is 6.13. The molecule has 0 amide bonds. The SMILES string of the molecule is CN=C(NCc1ccc(C#N)cc1)NCc1ccccc1Cl.I. The van der Waals surface area contributed by atoms with E-state index in [2.05, 4.69) is 21.7 Å². The minimum absolute atomic E-state index is 0. The van der Waals surface area contributed by atoms with Gasteiger partial charge in [-0.05, 0) is 29.3 Å². The quantitative estimate of drug-likeness (QED) is 0.433. The zero-order valence-electron chi connectivity index (χ0n) is 12.7. The van der Waals surface area contributed by atoms with Gasteiger partial charge in [0.1, 0.15) is 0 Å². The zero-order chi connectivity index (χ0) is 15.8. The molecule has 0 saturated heterocycles. The minimum Gasteiger partial charge on any atom is -0.352 e. The van der Waals surface area contributed by atoms with Crippen molar-refractivity contribution in [3.8, 4) is 6.07 Å². The summed E-state index contributed by atoms with van der Waals surface area (Å²) in [7, 11) is 1.72. The number of hydrogen-bond donors (Lipinski definition) is 2. The molecule has 0 radical (unpaired) electrons. The van der Waals surface area contributed by atoms with Crippen molar-refractivity contribution in [3.63, 3.8) is 0 Å². The number of benzene rings is 2. The standard InChI is InChI=1S/C17H17ClN4.HI/c1-20-17(22-12-15-4-2-3-5-16(15)18)21-11-14-8-6-13(10-19)7-9-14;/h2-9H,11-12H2,1H3,(H2,20,21,22);1H. The Bertz CT molecular complexity index is 692. The fraction of sp³-hybridized carbons (Fsp3) is 0.176. The molecular weight excluding hydrogens is 423 g/mol. The lowest BCUT2D eigenvalue weighted by atomic mass is 10.1. The van der Waals surface area contributed by atoms with Crippen LogP contribution in [0.15, 0.2) is 53.5 Å². The maximum absolute atomic E-state index is 8.78. The summed E-state index contributed by atoms with van der Waals surface area (Å²) in [4.78, 5) is 4.18. The molecule has 2 N–H and O–H groups in total. The van der Waals surface area contributed by atoms with Crippen LogP contribution in [0.4, 0.5) is 0 Å². The third-order valence-electron chi connectivity index (χ3n) is 3.17. The first-order chi connectivity index (χ1) is 10.7. The van der Waals surface area contributed by atoms with Gasteiger partial charge in [-0.3, -0.25) is 4.99 Å². The van der Waals surface area contributed by atoms with Crippen LogP contribution in [0.1, 0.15) is 16.7 Å². The molecular formula is C17H18ClIN4. The second-order valence-electron chi connectivity index (χ2n) is 4.68. The van der Waals surface area contributed by atoms with Gasteiger partial charge in [-0.1, -0.05) is 41.9 Å². The van der Waals surface area contributed by atoms with E-state index in [1.165, 1.54) is 0 Å². The molecule has 0 aliphatic carbocycles. The Morgan fingerprint density at radius 1 is 1.09 bits per heavy atom. The van der Waals surface area contributed by atoms with Crippen molar-refractivity contribution in [2.45, 2.75) is 13.1 Å². The highest BCUT2D eigenvalue weighted by atomic mass is 127. The van der Waals surface area contributed by atoms with Crippen LogP contribution in [0, 0.1) is 11.3 Å². The van der Waals surface area contributed by atoms with Crippen LogP contribution < -0.4 is 10.6 Å². The van der Waals surface area contributed by atoms with Gasteiger partial charge in [0.15, 0.2) is 5.96 Å². The largest absolute Gasteiger partial charge is 0.352 e. The normalized spacial score (nSPS) is 10.4. The zero-order valence-corrected chi connectivity index (χ0v) is 15.8. The summed E-state index contributed by atoms with van der Waals surface area (Å²) in [5.74, 6) is 0.698. The third-order valence-corrected chi connectivity index (χ3v) is 3.54. The molecule has 0 aliphatic heterocycles. The number of nitrogens with one attached hydrogen (secondary N) is 2. The fourth-order valence-corrected chi connectivity index (χ4v) is 2.13. The molecule has 2 aromatic rings. The Morgan fingerprint density at radius 2 is 1.74 bits per heavy atom. The van der Waals surface area contributed by atoms with E-state index >= 15 is 0 Å². The number of halogens is 2. The molecule has 2 rings (SSSR count). The number of nitrogens with zero attached hydrogens (tertiary/aromatic N) is 2. The number of guanidine groups is 1. The molecule has 0 fully saturated rings. The first-order valence-electron chi connectivity index (χ1n) is 6.90. The van der Waals surface area contributed by atoms with Gasteiger partial charge in [-0.15, -0.1) is 24.0 Å². The Morgan fingerprint density at radius 3 is 2.35 bits per heavy atom. The van der Waals surface area contributed by atoms with E-state index in [0.717, 1.165) is 16.1 Å². The van der Waals surface area contributed by atoms with Gasteiger partial charge < -0.3 is 10.6 Å². The van der Waals surface area contributed by atoms with Crippen LogP contribution in [-0.4, -0.2) is 13.0 Å². The van der Waals surface area contributed by atoms with Crippen molar-refractivity contribution < 1.29 is 0 Å². The van der Waals surface area contributed by atoms with E-state index in [1.807, 2.05) is 36.4 Å². The summed E-state index contributed by atoms with van der Waals surface area (Å²) in [6.07, 6.45) is 0. The second kappa shape index (κ2) is 10.1. The van der Waals surface area contributed by atoms with Crippen molar-refractivity contribution in [1.29, 1.82) is 5.26 Å². The molecule has 0 aromatic heterocycles. The molecule has 0 bridgehead atoms. The number of nitriles is 1. The third kappa shape index (κ3) is 6.08. The van der Waals surface area contributed by atoms with E-state index in [0.29, 0.717) is 24.6 Å². The van der Waals surface area contributed by atoms with Gasteiger partial charge in [0.25, 0.3) is 0 Å². The van der Waals surface area contributed by atoms with Gasteiger partial charge in [-0.25, -0.2) is 0 Å². The molecule has 0 atom stereocenters. The Kier molecular flexibility index (Phi) is 8.45. The highest BCUT2D eigenvalue weighted by Gasteiger charge is 2.02. The first kappa shape index (κ1) is 19.3. The van der Waals surface area contributed by atoms with Crippen molar-refractivity contribution in [3.05, 3.63) is 70.2 Å². The van der Waals surface area contributed by atoms with E-state index in [4.69, 9.17) is 16.9 Å². The van der Waals surface area contributed by atoms with Gasteiger partial charge >= 0.3 is 0 Å². The minimum atomic E-state index is 0. The molecule has 0 aliphatic rings. The van der Waals surface area contributed by atoms with Gasteiger partial charge in [0, 0.05) is 25.2 Å². The van der Waals surface area contributed by atoms with Crippen molar-refractivity contribution in [2.75, 3.05) is 7.05 Å². The van der Waals surface area contributed by atoms with Gasteiger partial charge in [-0.2, -0.15) is 5.26 Å². The summed E-state index contributed by atoms with van der Waals surface area (Å²) in [5, 5.41) is 16.0. The summed E-state index contributed by atoms with van der Waals surface area (Å²) in [6, 6.07) is 17.3. The lowest BCUT2D eigenvalue weighted by molar-refractivity contribution is 0.809. The van der Waals surface area contributed by atoms with E-state index in [-0.39, 0.29) is 24.0 Å². The lowest BCUT2D eigenvalue weighted by Gasteiger charge is -2.12. The highest BCUT2D eigenvalue weighted by molar-refractivity contribution is 14.0. The molecule has 23 heavy (non-hydrogen) atoms. The van der Waals surface area contributed by atoms with Crippen LogP contribution in [0.2, 0.25) is 5.02 Å². The smallest absolute Gasteiger partial charge is 0.191 e. The molecule has 120 valence electrons. The van der Waals surface area contributed by atoms with Crippen LogP contribution in [0.25, 0.3) is 0 Å². The molecule has 2 aromatic carbocycles. The van der Waals surface area contributed by atoms with Crippen LogP contribution in [0.5, 0.6) is 0 Å². The van der Waals surface area contributed by atoms with E-state index in [1.54, 1.807) is 19.2 Å². The predicted molar refractivity (Wildman–Crippen MR) is 105 cm³/mol. The van der Waals surface area contributed by atoms with Crippen LogP contribution >= 0.6 is 35.6 Å². The van der Waals surface area contributed by atoms with Crippen molar-refractivity contribution in [2.24, 2.45) is 4.99 Å². The maximum atomic E-state index is 8.78. The number of rotatable bonds is 4. The van der Waals surface area contributed by atoms with Crippen LogP contribution in [-0.2, 0) is 13.1 Å². The van der Waals surface area contributed by atoms with Gasteiger partial charge in [0.05, 0.1) is 11.6 Å². The average Bonchev–Trinajstić information content (AvgIpc) is 2.57. The molecule has 0 saturated carbocycles. The summed E-state index contributed by atoms with van der Waals surface area (Å²) < 4.78 is 0. The number of aliphatic imine (C=N–C) groups is 1. The lowest BCUT2D eigenvalue weighted by Crippen LogP contribution is -2.36. The Hall–Kier alpha value is -1.78. The fourth-order valence-electron chi connectivity index (χ4n) is 1.92. The highest BCUT2D eigenvalue weighted by Crippen LogP contribution is 2.14. The number of hydrogen-bond acceptors (Lipinski definition) is 2. The first-order valence-corrected chi connectivity index (χ1v) is 7.27. The van der Waals surface area contributed by atoms with Crippen LogP contribution in [0.3, 0.4) is 0 Å². The molecule has 0 spiro atoms. The molecule has 6 heteroatoms. The van der Waals surface area contributed by atoms with Crippen molar-refractivity contribution in [1.82, 2.24) is 10.6 Å². The maximum Gasteiger partial charge on any atom is 0.191 e. The topological polar surface area (TPSA) is 60.2 Å². The second-order valence-corrected chi connectivity index (χ2v) is 5.09. The predicted octanol–water partition coefficient (Wildman–Crippen LogP) is 3.69. The molecule has 0 heterocycles. The average molecular weight is 441 g/mol. The summed E-state index contributed by atoms with van der Waals surface area (Å²) in [5.41, 5.74) is 2.76. The molecule has 0 unspecified atom stereocenters. The van der Waals surface area contributed by atoms with E-state index in [9.17, 15) is 0 Å². The van der Waals surface area contributed by atoms with Crippen molar-refractivity contribution >= 4 is 41.5 Å². The summed E-state index contributed by atoms with van der Waals surface area (Å²) in [6.45, 7) is 1.24. The van der Waals surface area contributed by atoms with E-state index < -0.39 is 0 Å².